The minimum atomic E-state index is -3.95. The first-order valence-corrected chi connectivity index (χ1v) is 9.88. The fourth-order valence-electron chi connectivity index (χ4n) is 2.07. The number of anilines is 1. The van der Waals surface area contributed by atoms with E-state index in [0.717, 1.165) is 6.21 Å². The van der Waals surface area contributed by atoms with Crippen molar-refractivity contribution >= 4 is 34.2 Å². The Morgan fingerprint density at radius 3 is 2.37 bits per heavy atom. The van der Waals surface area contributed by atoms with Gasteiger partial charge in [0, 0.05) is 6.21 Å². The van der Waals surface area contributed by atoms with Gasteiger partial charge in [-0.25, -0.2) is 23.1 Å². The zero-order valence-corrected chi connectivity index (χ0v) is 16.5. The number of aldehydes is 1. The Bertz CT molecular complexity index is 951. The normalized spacial score (nSPS) is 14.8. The summed E-state index contributed by atoms with van der Waals surface area (Å²) in [6.07, 6.45) is -0.764. The van der Waals surface area contributed by atoms with Crippen LogP contribution in [0.25, 0.3) is 0 Å². The number of sulfonamides is 1. The highest BCUT2D eigenvalue weighted by Crippen LogP contribution is 2.19. The van der Waals surface area contributed by atoms with Gasteiger partial charge in [0.2, 0.25) is 12.2 Å². The Kier molecular flexibility index (Phi) is 8.32. The van der Waals surface area contributed by atoms with Gasteiger partial charge >= 0.3 is 0 Å². The Balaban J connectivity index is 2.05. The number of carbonyl (C=O) groups excluding carboxylic acids is 1. The third-order valence-electron chi connectivity index (χ3n) is 3.60. The van der Waals surface area contributed by atoms with Gasteiger partial charge in [-0.3, -0.25) is 9.79 Å². The number of aliphatic hydroxyl groups excluding tert-OH is 3. The van der Waals surface area contributed by atoms with Crippen LogP contribution in [0.2, 0.25) is 0 Å². The predicted molar refractivity (Wildman–Crippen MR) is 104 cm³/mol. The van der Waals surface area contributed by atoms with E-state index >= 15 is 0 Å². The quantitative estimate of drug-likeness (QED) is 0.197. The van der Waals surface area contributed by atoms with E-state index < -0.39 is 35.1 Å². The van der Waals surface area contributed by atoms with Crippen LogP contribution in [-0.2, 0) is 19.6 Å². The van der Waals surface area contributed by atoms with Gasteiger partial charge in [0.05, 0.1) is 36.7 Å². The van der Waals surface area contributed by atoms with E-state index in [0.29, 0.717) is 11.4 Å². The lowest BCUT2D eigenvalue weighted by Crippen LogP contribution is -2.37. The summed E-state index contributed by atoms with van der Waals surface area (Å²) >= 11 is 0. The molecule has 0 radical (unpaired) electrons. The average Bonchev–Trinajstić information content (AvgIpc) is 2.76. The number of hydrogen-bond donors (Lipinski definition) is 4. The third kappa shape index (κ3) is 6.53. The molecule has 1 aromatic carbocycles. The van der Waals surface area contributed by atoms with E-state index in [1.54, 1.807) is 0 Å². The van der Waals surface area contributed by atoms with Crippen molar-refractivity contribution in [1.29, 1.82) is 0 Å². The van der Waals surface area contributed by atoms with E-state index in [1.807, 2.05) is 0 Å². The molecule has 0 saturated heterocycles. The molecule has 2 aromatic rings. The summed E-state index contributed by atoms with van der Waals surface area (Å²) in [6.45, 7) is -0.672. The van der Waals surface area contributed by atoms with E-state index in [2.05, 4.69) is 19.7 Å². The van der Waals surface area contributed by atoms with Crippen molar-refractivity contribution in [3.05, 3.63) is 36.7 Å². The molecule has 2 rings (SSSR count). The molecule has 13 heteroatoms. The smallest absolute Gasteiger partial charge is 0.264 e. The number of hydrogen-bond acceptors (Lipinski definition) is 11. The van der Waals surface area contributed by atoms with Gasteiger partial charge in [-0.2, -0.15) is 0 Å². The number of aliphatic hydroxyl groups is 3. The number of benzene rings is 1. The van der Waals surface area contributed by atoms with E-state index in [4.69, 9.17) is 19.7 Å². The first-order chi connectivity index (χ1) is 14.3. The van der Waals surface area contributed by atoms with Crippen molar-refractivity contribution in [2.45, 2.75) is 23.4 Å². The Morgan fingerprint density at radius 1 is 1.20 bits per heavy atom. The molecular weight excluding hydrogens is 420 g/mol. The molecule has 0 fully saturated rings. The van der Waals surface area contributed by atoms with E-state index in [-0.39, 0.29) is 17.1 Å². The summed E-state index contributed by atoms with van der Waals surface area (Å²) < 4.78 is 36.6. The molecule has 0 bridgehead atoms. The molecular formula is C17H20N4O8S. The maximum Gasteiger partial charge on any atom is 0.264 e. The van der Waals surface area contributed by atoms with E-state index in [9.17, 15) is 18.3 Å². The summed E-state index contributed by atoms with van der Waals surface area (Å²) in [5.74, 6) is 0.241. The number of nitrogens with one attached hydrogen (secondary N) is 1. The van der Waals surface area contributed by atoms with Crippen LogP contribution >= 0.6 is 0 Å². The van der Waals surface area contributed by atoms with Crippen LogP contribution in [0, 0.1) is 0 Å². The fraction of sp³-hybridized carbons (Fsp3) is 0.294. The van der Waals surface area contributed by atoms with E-state index in [1.165, 1.54) is 43.8 Å². The maximum atomic E-state index is 12.4. The summed E-state index contributed by atoms with van der Waals surface area (Å²) in [5, 5.41) is 28.2. The highest BCUT2D eigenvalue weighted by atomic mass is 32.2. The van der Waals surface area contributed by atoms with Crippen molar-refractivity contribution < 1.29 is 38.0 Å². The minimum absolute atomic E-state index is 0.0768. The van der Waals surface area contributed by atoms with Crippen molar-refractivity contribution in [3.8, 4) is 5.75 Å². The second-order valence-electron chi connectivity index (χ2n) is 5.70. The van der Waals surface area contributed by atoms with Crippen LogP contribution in [0.1, 0.15) is 0 Å². The lowest BCUT2D eigenvalue weighted by Gasteiger charge is -2.19. The summed E-state index contributed by atoms with van der Waals surface area (Å²) in [7, 11) is -2.52. The Hall–Kier alpha value is -2.97. The lowest BCUT2D eigenvalue weighted by atomic mass is 10.2. The summed E-state index contributed by atoms with van der Waals surface area (Å²) in [5.41, 5.74) is 0.293. The largest absolute Gasteiger partial charge is 0.494 e. The zero-order valence-electron chi connectivity index (χ0n) is 15.7. The van der Waals surface area contributed by atoms with Gasteiger partial charge < -0.3 is 24.8 Å². The first-order valence-electron chi connectivity index (χ1n) is 8.40. The molecule has 0 aliphatic heterocycles. The topological polar surface area (TPSA) is 181 Å². The average molecular weight is 440 g/mol. The van der Waals surface area contributed by atoms with Gasteiger partial charge in [-0.15, -0.1) is 0 Å². The van der Waals surface area contributed by atoms with Crippen molar-refractivity contribution in [2.75, 3.05) is 18.4 Å². The lowest BCUT2D eigenvalue weighted by molar-refractivity contribution is -0.168. The van der Waals surface area contributed by atoms with Gasteiger partial charge in [-0.1, -0.05) is 0 Å². The van der Waals surface area contributed by atoms with Crippen LogP contribution in [0.15, 0.2) is 46.5 Å². The van der Waals surface area contributed by atoms with Crippen molar-refractivity contribution in [2.24, 2.45) is 4.99 Å². The monoisotopic (exact) mass is 440 g/mol. The highest BCUT2D eigenvalue weighted by molar-refractivity contribution is 7.92. The molecule has 0 aliphatic rings. The second-order valence-corrected chi connectivity index (χ2v) is 7.38. The number of ether oxygens (including phenoxy) is 2. The Labute approximate surface area is 171 Å². The molecule has 0 aliphatic carbocycles. The number of nitrogens with zero attached hydrogens (tertiary/aromatic N) is 3. The van der Waals surface area contributed by atoms with Crippen molar-refractivity contribution in [3.63, 3.8) is 0 Å². The standard InChI is InChI=1S/C17H20N4O8S/c1-28-12-6-19-17(20-7-12)21-30(26,27)13-4-2-11(3-5-13)18-8-14(24)15(9-22)29-16(25)10-23/h2-8,10,14-16,22,24-25H,9H2,1H3,(H,19,20,21)/t14-,15+,16-/m0/s1. The molecule has 162 valence electrons. The van der Waals surface area contributed by atoms with Gasteiger partial charge in [-0.05, 0) is 24.3 Å². The SMILES string of the molecule is COc1cnc(NS(=O)(=O)c2ccc(N=C[C@H](O)[C@@H](CO)O[C@H](O)C=O)cc2)nc1. The molecule has 0 spiro atoms. The highest BCUT2D eigenvalue weighted by Gasteiger charge is 2.21. The number of methoxy groups -OCH3 is 1. The van der Waals surface area contributed by atoms with Crippen LogP contribution in [0.4, 0.5) is 11.6 Å². The predicted octanol–water partition coefficient (Wildman–Crippen LogP) is -0.756. The number of aromatic nitrogens is 2. The second kappa shape index (κ2) is 10.7. The van der Waals surface area contributed by atoms with Crippen LogP contribution in [0.5, 0.6) is 5.75 Å². The summed E-state index contributed by atoms with van der Waals surface area (Å²) in [4.78, 5) is 21.9. The number of aliphatic imine (C=N–C) groups is 1. The first kappa shape index (κ1) is 23.3. The summed E-state index contributed by atoms with van der Waals surface area (Å²) in [6, 6.07) is 5.31. The molecule has 0 unspecified atom stereocenters. The number of rotatable bonds is 11. The fourth-order valence-corrected chi connectivity index (χ4v) is 3.02. The molecule has 0 amide bonds. The Morgan fingerprint density at radius 2 is 1.83 bits per heavy atom. The molecule has 12 nitrogen and oxygen atoms in total. The maximum absolute atomic E-state index is 12.4. The molecule has 30 heavy (non-hydrogen) atoms. The molecule has 3 atom stereocenters. The number of carbonyl (C=O) groups is 1. The zero-order chi connectivity index (χ0) is 22.1. The molecule has 0 saturated carbocycles. The van der Waals surface area contributed by atoms with Crippen LogP contribution in [0.3, 0.4) is 0 Å². The van der Waals surface area contributed by atoms with Gasteiger partial charge in [0.1, 0.15) is 12.2 Å². The molecule has 4 N–H and O–H groups in total. The van der Waals surface area contributed by atoms with Crippen LogP contribution in [-0.4, -0.2) is 78.4 Å². The van der Waals surface area contributed by atoms with Crippen molar-refractivity contribution in [1.82, 2.24) is 9.97 Å². The minimum Gasteiger partial charge on any atom is -0.494 e. The van der Waals surface area contributed by atoms with Crippen LogP contribution < -0.4 is 9.46 Å². The third-order valence-corrected chi connectivity index (χ3v) is 4.95. The van der Waals surface area contributed by atoms with Gasteiger partial charge in [0.15, 0.2) is 12.0 Å². The van der Waals surface area contributed by atoms with Gasteiger partial charge in [0.25, 0.3) is 10.0 Å². The molecule has 1 aromatic heterocycles. The molecule has 1 heterocycles.